The SMILES string of the molecule is CCCCC/C=C\C/C=C\CCCCCCCCSCC(CN(C)C)SCCCCCCCC/C=C\C/C=C\CCCCC. The minimum atomic E-state index is 0.789. The fourth-order valence-electron chi connectivity index (χ4n) is 5.31. The largest absolute Gasteiger partial charge is 0.308 e. The quantitative estimate of drug-likeness (QED) is 0.0498. The van der Waals surface area contributed by atoms with Gasteiger partial charge in [-0.25, -0.2) is 0 Å². The number of hydrogen-bond acceptors (Lipinski definition) is 3. The van der Waals surface area contributed by atoms with Crippen molar-refractivity contribution in [2.75, 3.05) is 37.9 Å². The van der Waals surface area contributed by atoms with Gasteiger partial charge in [-0.3, -0.25) is 0 Å². The van der Waals surface area contributed by atoms with Crippen molar-refractivity contribution < 1.29 is 0 Å². The Morgan fingerprint density at radius 3 is 1.27 bits per heavy atom. The highest BCUT2D eigenvalue weighted by Gasteiger charge is 2.10. The molecule has 0 aromatic carbocycles. The monoisotopic (exact) mass is 648 g/mol. The molecule has 0 aromatic heterocycles. The summed E-state index contributed by atoms with van der Waals surface area (Å²) in [4.78, 5) is 2.39. The van der Waals surface area contributed by atoms with Crippen molar-refractivity contribution in [3.63, 3.8) is 0 Å². The van der Waals surface area contributed by atoms with Crippen LogP contribution in [0.25, 0.3) is 0 Å². The third-order valence-electron chi connectivity index (χ3n) is 8.06. The van der Waals surface area contributed by atoms with Gasteiger partial charge in [0.25, 0.3) is 0 Å². The summed E-state index contributed by atoms with van der Waals surface area (Å²) in [5.74, 6) is 4.02. The average Bonchev–Trinajstić information content (AvgIpc) is 3.01. The van der Waals surface area contributed by atoms with Crippen LogP contribution < -0.4 is 0 Å². The van der Waals surface area contributed by atoms with E-state index in [1.54, 1.807) is 0 Å². The van der Waals surface area contributed by atoms with E-state index in [1.165, 1.54) is 165 Å². The summed E-state index contributed by atoms with van der Waals surface area (Å²) in [7, 11) is 4.47. The van der Waals surface area contributed by atoms with Crippen LogP contribution in [0.1, 0.15) is 168 Å². The van der Waals surface area contributed by atoms with Crippen molar-refractivity contribution in [3.05, 3.63) is 48.6 Å². The number of thioether (sulfide) groups is 2. The highest BCUT2D eigenvalue weighted by Crippen LogP contribution is 2.21. The summed E-state index contributed by atoms with van der Waals surface area (Å²) < 4.78 is 0. The molecule has 0 amide bonds. The van der Waals surface area contributed by atoms with Crippen LogP contribution in [0.4, 0.5) is 0 Å². The van der Waals surface area contributed by atoms with Crippen molar-refractivity contribution in [2.45, 2.75) is 173 Å². The molecule has 0 heterocycles. The van der Waals surface area contributed by atoms with Crippen LogP contribution in [0.15, 0.2) is 48.6 Å². The lowest BCUT2D eigenvalue weighted by Crippen LogP contribution is -2.26. The maximum absolute atomic E-state index is 2.40. The van der Waals surface area contributed by atoms with Crippen molar-refractivity contribution in [3.8, 4) is 0 Å². The third kappa shape index (κ3) is 37.8. The molecular formula is C41H77NS2. The zero-order valence-corrected chi connectivity index (χ0v) is 31.9. The zero-order valence-electron chi connectivity index (χ0n) is 30.3. The van der Waals surface area contributed by atoms with E-state index >= 15 is 0 Å². The van der Waals surface area contributed by atoms with E-state index in [2.05, 4.69) is 105 Å². The molecule has 0 N–H and O–H groups in total. The summed E-state index contributed by atoms with van der Waals surface area (Å²) in [6, 6.07) is 0. The molecule has 0 radical (unpaired) electrons. The van der Waals surface area contributed by atoms with E-state index in [1.807, 2.05) is 0 Å². The van der Waals surface area contributed by atoms with Gasteiger partial charge >= 0.3 is 0 Å². The Balaban J connectivity index is 3.58. The predicted octanol–water partition coefficient (Wildman–Crippen LogP) is 14.0. The van der Waals surface area contributed by atoms with Crippen LogP contribution in [0.3, 0.4) is 0 Å². The van der Waals surface area contributed by atoms with Crippen molar-refractivity contribution in [1.82, 2.24) is 4.90 Å². The minimum Gasteiger partial charge on any atom is -0.308 e. The lowest BCUT2D eigenvalue weighted by Gasteiger charge is -2.20. The summed E-state index contributed by atoms with van der Waals surface area (Å²) in [6.07, 6.45) is 51.1. The Hall–Kier alpha value is -0.380. The van der Waals surface area contributed by atoms with Crippen molar-refractivity contribution in [2.24, 2.45) is 0 Å². The second kappa shape index (κ2) is 38.8. The summed E-state index contributed by atoms with van der Waals surface area (Å²) in [5.41, 5.74) is 0. The Bertz CT molecular complexity index is 651. The maximum atomic E-state index is 2.40. The van der Waals surface area contributed by atoms with Gasteiger partial charge in [0, 0.05) is 17.5 Å². The van der Waals surface area contributed by atoms with Gasteiger partial charge in [0.05, 0.1) is 0 Å². The van der Waals surface area contributed by atoms with Crippen LogP contribution in [0, 0.1) is 0 Å². The summed E-state index contributed by atoms with van der Waals surface area (Å²) in [6.45, 7) is 5.77. The van der Waals surface area contributed by atoms with Crippen LogP contribution in [0.2, 0.25) is 0 Å². The molecule has 0 rings (SSSR count). The molecule has 0 fully saturated rings. The molecule has 0 spiro atoms. The van der Waals surface area contributed by atoms with E-state index in [4.69, 9.17) is 0 Å². The molecule has 0 aliphatic rings. The van der Waals surface area contributed by atoms with Crippen LogP contribution in [-0.2, 0) is 0 Å². The fraction of sp³-hybridized carbons (Fsp3) is 0.805. The first kappa shape index (κ1) is 43.6. The second-order valence-electron chi connectivity index (χ2n) is 13.0. The van der Waals surface area contributed by atoms with Gasteiger partial charge in [-0.2, -0.15) is 23.5 Å². The lowest BCUT2D eigenvalue weighted by molar-refractivity contribution is 0.415. The molecule has 0 bridgehead atoms. The first-order valence-electron chi connectivity index (χ1n) is 19.1. The Labute approximate surface area is 287 Å². The van der Waals surface area contributed by atoms with Gasteiger partial charge in [0.15, 0.2) is 0 Å². The first-order chi connectivity index (χ1) is 21.7. The average molecular weight is 648 g/mol. The van der Waals surface area contributed by atoms with Gasteiger partial charge < -0.3 is 4.90 Å². The smallest absolute Gasteiger partial charge is 0.0265 e. The molecule has 1 unspecified atom stereocenters. The van der Waals surface area contributed by atoms with Crippen LogP contribution in [0.5, 0.6) is 0 Å². The molecular weight excluding hydrogens is 571 g/mol. The Morgan fingerprint density at radius 2 is 0.841 bits per heavy atom. The highest BCUT2D eigenvalue weighted by molar-refractivity contribution is 8.03. The van der Waals surface area contributed by atoms with Crippen molar-refractivity contribution in [1.29, 1.82) is 0 Å². The molecule has 0 aromatic rings. The van der Waals surface area contributed by atoms with Gasteiger partial charge in [-0.15, -0.1) is 0 Å². The highest BCUT2D eigenvalue weighted by atomic mass is 32.2. The van der Waals surface area contributed by atoms with Crippen LogP contribution in [-0.4, -0.2) is 48.0 Å². The molecule has 3 heteroatoms. The fourth-order valence-corrected chi connectivity index (χ4v) is 8.03. The van der Waals surface area contributed by atoms with E-state index in [-0.39, 0.29) is 0 Å². The van der Waals surface area contributed by atoms with E-state index < -0.39 is 0 Å². The van der Waals surface area contributed by atoms with E-state index in [0.717, 1.165) is 18.1 Å². The van der Waals surface area contributed by atoms with Gasteiger partial charge in [-0.1, -0.05) is 140 Å². The molecule has 0 saturated heterocycles. The number of unbranched alkanes of at least 4 members (excludes halogenated alkanes) is 18. The van der Waals surface area contributed by atoms with E-state index in [0.29, 0.717) is 0 Å². The molecule has 0 saturated carbocycles. The van der Waals surface area contributed by atoms with Gasteiger partial charge in [0.2, 0.25) is 0 Å². The third-order valence-corrected chi connectivity index (χ3v) is 10.8. The topological polar surface area (TPSA) is 3.24 Å². The van der Waals surface area contributed by atoms with Gasteiger partial charge in [-0.05, 0) is 103 Å². The Kier molecular flexibility index (Phi) is 38.5. The summed E-state index contributed by atoms with van der Waals surface area (Å²) in [5, 5.41) is 0.789. The first-order valence-corrected chi connectivity index (χ1v) is 21.3. The second-order valence-corrected chi connectivity index (χ2v) is 15.6. The molecule has 258 valence electrons. The molecule has 0 aliphatic heterocycles. The number of hydrogen-bond donors (Lipinski definition) is 0. The summed E-state index contributed by atoms with van der Waals surface area (Å²) >= 11 is 4.45. The molecule has 1 nitrogen and oxygen atoms in total. The zero-order chi connectivity index (χ0) is 32.0. The minimum absolute atomic E-state index is 0.789. The van der Waals surface area contributed by atoms with Crippen LogP contribution >= 0.6 is 23.5 Å². The maximum Gasteiger partial charge on any atom is 0.0265 e. The predicted molar refractivity (Wildman–Crippen MR) is 211 cm³/mol. The molecule has 0 aliphatic carbocycles. The standard InChI is InChI=1S/C41H77NS2/c1-5-7-9-11-13-15-17-19-21-23-25-27-29-31-33-35-37-43-40-41(39-42(3)4)44-38-36-34-32-30-28-26-24-22-20-18-16-14-12-10-8-6-2/h13-16,19-22,41H,5-12,17-18,23-40H2,1-4H3/b15-13-,16-14-,21-19-,22-20-. The number of nitrogens with zero attached hydrogens (tertiary/aromatic N) is 1. The molecule has 1 atom stereocenters. The number of rotatable bonds is 35. The molecule has 44 heavy (non-hydrogen) atoms. The number of allylic oxidation sites excluding steroid dienone is 8. The lowest BCUT2D eigenvalue weighted by atomic mass is 10.1. The van der Waals surface area contributed by atoms with Crippen molar-refractivity contribution >= 4 is 23.5 Å². The van der Waals surface area contributed by atoms with Gasteiger partial charge in [0.1, 0.15) is 0 Å². The Morgan fingerprint density at radius 1 is 0.455 bits per heavy atom. The van der Waals surface area contributed by atoms with E-state index in [9.17, 15) is 0 Å². The normalized spacial score (nSPS) is 13.2.